The van der Waals surface area contributed by atoms with Crippen molar-refractivity contribution in [1.82, 2.24) is 10.2 Å². The molecule has 1 N–H and O–H groups in total. The van der Waals surface area contributed by atoms with Crippen LogP contribution in [0, 0.1) is 0 Å². The van der Waals surface area contributed by atoms with Gasteiger partial charge < -0.3 is 15.0 Å². The zero-order chi connectivity index (χ0) is 15.2. The molecule has 1 heterocycles. The Morgan fingerprint density at radius 2 is 2.15 bits per heavy atom. The number of carbonyl (C=O) groups is 1. The smallest absolute Gasteiger partial charge is 0.323 e. The maximum Gasteiger partial charge on any atom is 0.323 e. The van der Waals surface area contributed by atoms with Crippen molar-refractivity contribution >= 4 is 15.8 Å². The topological polar surface area (TPSA) is 75.7 Å². The van der Waals surface area contributed by atoms with Crippen molar-refractivity contribution in [3.8, 4) is 0 Å². The van der Waals surface area contributed by atoms with E-state index in [1.807, 2.05) is 18.9 Å². The van der Waals surface area contributed by atoms with Gasteiger partial charge >= 0.3 is 5.97 Å². The van der Waals surface area contributed by atoms with Crippen molar-refractivity contribution in [2.45, 2.75) is 38.8 Å². The maximum absolute atomic E-state index is 11.8. The number of esters is 1. The molecule has 1 rings (SSSR count). The summed E-state index contributed by atoms with van der Waals surface area (Å²) in [6.45, 7) is 5.48. The first kappa shape index (κ1) is 17.4. The third-order valence-corrected chi connectivity index (χ3v) is 5.37. The first-order chi connectivity index (χ1) is 9.39. The van der Waals surface area contributed by atoms with Gasteiger partial charge in [0.05, 0.1) is 18.1 Å². The first-order valence-electron chi connectivity index (χ1n) is 7.20. The lowest BCUT2D eigenvalue weighted by Gasteiger charge is -2.25. The summed E-state index contributed by atoms with van der Waals surface area (Å²) in [6.07, 6.45) is 1.31. The molecular formula is C13H26N2O4S. The number of sulfone groups is 1. The zero-order valence-electron chi connectivity index (χ0n) is 12.6. The quantitative estimate of drug-likeness (QED) is 0.638. The third kappa shape index (κ3) is 5.38. The minimum atomic E-state index is -2.86. The monoisotopic (exact) mass is 306 g/mol. The number of carbonyl (C=O) groups excluding carboxylic acids is 1. The zero-order valence-corrected chi connectivity index (χ0v) is 13.4. The second kappa shape index (κ2) is 7.95. The van der Waals surface area contributed by atoms with Crippen LogP contribution < -0.4 is 5.32 Å². The fourth-order valence-electron chi connectivity index (χ4n) is 2.43. The van der Waals surface area contributed by atoms with Crippen molar-refractivity contribution in [3.05, 3.63) is 0 Å². The van der Waals surface area contributed by atoms with Gasteiger partial charge in [-0.2, -0.15) is 0 Å². The molecule has 0 aliphatic carbocycles. The highest BCUT2D eigenvalue weighted by molar-refractivity contribution is 7.91. The van der Waals surface area contributed by atoms with Gasteiger partial charge in [0.25, 0.3) is 0 Å². The molecule has 2 atom stereocenters. The Morgan fingerprint density at radius 1 is 1.45 bits per heavy atom. The fourth-order valence-corrected chi connectivity index (χ4v) is 4.24. The molecule has 2 unspecified atom stereocenters. The lowest BCUT2D eigenvalue weighted by atomic mass is 10.1. The second-order valence-electron chi connectivity index (χ2n) is 5.19. The predicted molar refractivity (Wildman–Crippen MR) is 78.4 cm³/mol. The van der Waals surface area contributed by atoms with E-state index in [-0.39, 0.29) is 29.6 Å². The van der Waals surface area contributed by atoms with E-state index in [4.69, 9.17) is 4.74 Å². The molecule has 1 saturated heterocycles. The summed E-state index contributed by atoms with van der Waals surface area (Å²) in [5.74, 6) is 0.271. The van der Waals surface area contributed by atoms with Crippen LogP contribution in [0.3, 0.4) is 0 Å². The molecule has 1 aliphatic heterocycles. The Bertz CT molecular complexity index is 411. The molecular weight excluding hydrogens is 280 g/mol. The molecule has 0 bridgehead atoms. The Labute approximate surface area is 121 Å². The third-order valence-electron chi connectivity index (χ3n) is 3.62. The Hall–Kier alpha value is -0.660. The molecule has 0 aromatic heterocycles. The van der Waals surface area contributed by atoms with Crippen LogP contribution >= 0.6 is 0 Å². The number of hydrogen-bond donors (Lipinski definition) is 1. The number of rotatable bonds is 8. The summed E-state index contributed by atoms with van der Waals surface area (Å²) in [5, 5.41) is 3.11. The van der Waals surface area contributed by atoms with E-state index in [9.17, 15) is 13.2 Å². The normalized spacial score (nSPS) is 22.9. The van der Waals surface area contributed by atoms with Gasteiger partial charge in [-0.25, -0.2) is 8.42 Å². The van der Waals surface area contributed by atoms with Crippen LogP contribution in [0.4, 0.5) is 0 Å². The Morgan fingerprint density at radius 3 is 2.65 bits per heavy atom. The molecule has 0 aromatic rings. The van der Waals surface area contributed by atoms with Crippen molar-refractivity contribution in [1.29, 1.82) is 0 Å². The molecule has 0 aromatic carbocycles. The van der Waals surface area contributed by atoms with Crippen LogP contribution in [-0.2, 0) is 19.4 Å². The number of ether oxygens (including phenoxy) is 1. The van der Waals surface area contributed by atoms with Crippen LogP contribution in [0.15, 0.2) is 0 Å². The van der Waals surface area contributed by atoms with Crippen LogP contribution in [0.1, 0.15) is 26.7 Å². The van der Waals surface area contributed by atoms with Crippen molar-refractivity contribution in [2.24, 2.45) is 0 Å². The molecule has 6 nitrogen and oxygen atoms in total. The largest absolute Gasteiger partial charge is 0.465 e. The highest BCUT2D eigenvalue weighted by Gasteiger charge is 2.31. The number of nitrogens with zero attached hydrogens (tertiary/aromatic N) is 1. The van der Waals surface area contributed by atoms with E-state index in [0.29, 0.717) is 32.5 Å². The second-order valence-corrected chi connectivity index (χ2v) is 7.42. The van der Waals surface area contributed by atoms with E-state index in [2.05, 4.69) is 5.32 Å². The highest BCUT2D eigenvalue weighted by atomic mass is 32.2. The first-order valence-corrected chi connectivity index (χ1v) is 9.02. The van der Waals surface area contributed by atoms with Gasteiger partial charge in [-0.3, -0.25) is 4.79 Å². The van der Waals surface area contributed by atoms with Gasteiger partial charge in [-0.15, -0.1) is 0 Å². The summed E-state index contributed by atoms with van der Waals surface area (Å²) >= 11 is 0. The van der Waals surface area contributed by atoms with Gasteiger partial charge in [0.15, 0.2) is 9.84 Å². The average molecular weight is 306 g/mol. The molecule has 1 aliphatic rings. The van der Waals surface area contributed by atoms with Crippen LogP contribution in [0.5, 0.6) is 0 Å². The van der Waals surface area contributed by atoms with Crippen molar-refractivity contribution in [2.75, 3.05) is 38.2 Å². The lowest BCUT2D eigenvalue weighted by molar-refractivity contribution is -0.145. The molecule has 7 heteroatoms. The van der Waals surface area contributed by atoms with Crippen LogP contribution in [0.2, 0.25) is 0 Å². The summed E-state index contributed by atoms with van der Waals surface area (Å²) in [5.41, 5.74) is 0. The van der Waals surface area contributed by atoms with Gasteiger partial charge in [0.1, 0.15) is 6.04 Å². The minimum absolute atomic E-state index is 0.0736. The molecule has 0 radical (unpaired) electrons. The van der Waals surface area contributed by atoms with Gasteiger partial charge in [0, 0.05) is 12.6 Å². The molecule has 0 spiro atoms. The highest BCUT2D eigenvalue weighted by Crippen LogP contribution is 2.16. The molecule has 20 heavy (non-hydrogen) atoms. The SMILES string of the molecule is CCNC(CCN(C)C1CCS(=O)(=O)C1)C(=O)OCC. The molecule has 0 amide bonds. The minimum Gasteiger partial charge on any atom is -0.465 e. The number of nitrogens with one attached hydrogen (secondary N) is 1. The van der Waals surface area contributed by atoms with Gasteiger partial charge in [0.2, 0.25) is 0 Å². The van der Waals surface area contributed by atoms with Crippen LogP contribution in [-0.4, -0.2) is 69.6 Å². The van der Waals surface area contributed by atoms with Crippen LogP contribution in [0.25, 0.3) is 0 Å². The average Bonchev–Trinajstić information content (AvgIpc) is 2.74. The van der Waals surface area contributed by atoms with Gasteiger partial charge in [-0.1, -0.05) is 6.92 Å². The predicted octanol–water partition coefficient (Wildman–Crippen LogP) is 0.0366. The van der Waals surface area contributed by atoms with Crippen molar-refractivity contribution in [3.63, 3.8) is 0 Å². The maximum atomic E-state index is 11.8. The van der Waals surface area contributed by atoms with E-state index >= 15 is 0 Å². The van der Waals surface area contributed by atoms with E-state index in [0.717, 1.165) is 0 Å². The fraction of sp³-hybridized carbons (Fsp3) is 0.923. The standard InChI is InChI=1S/C13H26N2O4S/c1-4-14-12(13(16)19-5-2)6-8-15(3)11-7-9-20(17,18)10-11/h11-12,14H,4-10H2,1-3H3. The van der Waals surface area contributed by atoms with Gasteiger partial charge in [-0.05, 0) is 33.4 Å². The Balaban J connectivity index is 2.44. The summed E-state index contributed by atoms with van der Waals surface area (Å²) in [6, 6.07) is -0.245. The Kier molecular flexibility index (Phi) is 6.91. The summed E-state index contributed by atoms with van der Waals surface area (Å²) in [4.78, 5) is 13.8. The van der Waals surface area contributed by atoms with E-state index < -0.39 is 9.84 Å². The van der Waals surface area contributed by atoms with E-state index in [1.165, 1.54) is 0 Å². The molecule has 0 saturated carbocycles. The van der Waals surface area contributed by atoms with E-state index in [1.54, 1.807) is 6.92 Å². The summed E-state index contributed by atoms with van der Waals surface area (Å²) < 4.78 is 28.0. The molecule has 118 valence electrons. The number of likely N-dealkylation sites (N-methyl/N-ethyl adjacent to an activating group) is 1. The number of hydrogen-bond acceptors (Lipinski definition) is 6. The molecule has 1 fully saturated rings. The van der Waals surface area contributed by atoms with Crippen molar-refractivity contribution < 1.29 is 17.9 Å². The lowest BCUT2D eigenvalue weighted by Crippen LogP contribution is -2.42. The summed E-state index contributed by atoms with van der Waals surface area (Å²) in [7, 11) is -0.947.